The largest absolute Gasteiger partial charge is 0.444 e. The third-order valence-electron chi connectivity index (χ3n) is 6.18. The van der Waals surface area contributed by atoms with Gasteiger partial charge in [-0.05, 0) is 52.7 Å². The maximum Gasteiger partial charge on any atom is 0.410 e. The van der Waals surface area contributed by atoms with Gasteiger partial charge in [-0.15, -0.1) is 0 Å². The summed E-state index contributed by atoms with van der Waals surface area (Å²) in [6.45, 7) is 11.7. The smallest absolute Gasteiger partial charge is 0.410 e. The van der Waals surface area contributed by atoms with E-state index < -0.39 is 5.60 Å². The Hall–Kier alpha value is -2.83. The molecule has 0 saturated carbocycles. The van der Waals surface area contributed by atoms with Gasteiger partial charge >= 0.3 is 6.09 Å². The average Bonchev–Trinajstić information content (AvgIpc) is 2.77. The predicted octanol–water partition coefficient (Wildman–Crippen LogP) is 3.84. The number of benzene rings is 1. The van der Waals surface area contributed by atoms with Gasteiger partial charge in [0.15, 0.2) is 0 Å². The molecule has 0 aliphatic carbocycles. The topological polar surface area (TPSA) is 66.0 Å². The number of hydrogen-bond acceptors (Lipinski definition) is 5. The van der Waals surface area contributed by atoms with E-state index in [9.17, 15) is 9.59 Å². The van der Waals surface area contributed by atoms with Crippen molar-refractivity contribution in [3.05, 3.63) is 36.0 Å². The van der Waals surface area contributed by atoms with Gasteiger partial charge in [0.2, 0.25) is 5.91 Å². The minimum atomic E-state index is -0.528. The summed E-state index contributed by atoms with van der Waals surface area (Å²) in [5, 5.41) is 1.15. The van der Waals surface area contributed by atoms with Crippen molar-refractivity contribution < 1.29 is 14.3 Å². The van der Waals surface area contributed by atoms with Crippen molar-refractivity contribution in [3.63, 3.8) is 0 Å². The number of aromatic nitrogens is 1. The minimum Gasteiger partial charge on any atom is -0.444 e. The highest BCUT2D eigenvalue weighted by Crippen LogP contribution is 2.28. The van der Waals surface area contributed by atoms with E-state index in [0.29, 0.717) is 26.2 Å². The molecule has 0 spiro atoms. The average molecular weight is 439 g/mol. The SMILES string of the molecule is Cc1cc(N2CCN(C(=O)C3CCCN(C(=O)OC(C)(C)C)C3)CC2)c2ccccc2n1. The molecule has 0 bridgehead atoms. The Kier molecular flexibility index (Phi) is 6.26. The highest BCUT2D eigenvalue weighted by molar-refractivity contribution is 5.92. The Balaban J connectivity index is 1.38. The fraction of sp³-hybridized carbons (Fsp3) is 0.560. The van der Waals surface area contributed by atoms with Crippen LogP contribution >= 0.6 is 0 Å². The second-order valence-electron chi connectivity index (χ2n) is 9.88. The molecule has 1 aromatic carbocycles. The van der Waals surface area contributed by atoms with E-state index in [1.807, 2.05) is 50.8 Å². The molecule has 4 rings (SSSR count). The number of nitrogens with zero attached hydrogens (tertiary/aromatic N) is 4. The molecular weight excluding hydrogens is 404 g/mol. The van der Waals surface area contributed by atoms with Crippen molar-refractivity contribution in [2.45, 2.75) is 46.1 Å². The number of piperidine rings is 1. The third kappa shape index (κ3) is 4.97. The molecule has 2 fully saturated rings. The van der Waals surface area contributed by atoms with Gasteiger partial charge in [0.1, 0.15) is 5.60 Å². The highest BCUT2D eigenvalue weighted by Gasteiger charge is 2.34. The Bertz CT molecular complexity index is 992. The lowest BCUT2D eigenvalue weighted by Gasteiger charge is -2.40. The lowest BCUT2D eigenvalue weighted by Crippen LogP contribution is -2.53. The van der Waals surface area contributed by atoms with Crippen LogP contribution in [0.5, 0.6) is 0 Å². The molecule has 1 unspecified atom stereocenters. The molecule has 2 saturated heterocycles. The Labute approximate surface area is 190 Å². The number of hydrogen-bond donors (Lipinski definition) is 0. The summed E-state index contributed by atoms with van der Waals surface area (Å²) in [6.07, 6.45) is 1.34. The summed E-state index contributed by atoms with van der Waals surface area (Å²) in [5.41, 5.74) is 2.67. The van der Waals surface area contributed by atoms with Crippen molar-refractivity contribution in [3.8, 4) is 0 Å². The molecule has 172 valence electrons. The summed E-state index contributed by atoms with van der Waals surface area (Å²) >= 11 is 0. The Morgan fingerprint density at radius 3 is 2.47 bits per heavy atom. The van der Waals surface area contributed by atoms with Crippen LogP contribution < -0.4 is 4.90 Å². The number of aryl methyl sites for hydroxylation is 1. The first-order valence-corrected chi connectivity index (χ1v) is 11.6. The number of likely N-dealkylation sites (tertiary alicyclic amines) is 1. The van der Waals surface area contributed by atoms with Gasteiger partial charge in [0, 0.05) is 56.0 Å². The van der Waals surface area contributed by atoms with Gasteiger partial charge in [-0.25, -0.2) is 4.79 Å². The molecule has 7 heteroatoms. The summed E-state index contributed by atoms with van der Waals surface area (Å²) in [6, 6.07) is 10.4. The van der Waals surface area contributed by atoms with Crippen molar-refractivity contribution in [2.24, 2.45) is 5.92 Å². The van der Waals surface area contributed by atoms with Crippen LogP contribution in [0, 0.1) is 12.8 Å². The lowest BCUT2D eigenvalue weighted by atomic mass is 9.96. The lowest BCUT2D eigenvalue weighted by molar-refractivity contribution is -0.137. The van der Waals surface area contributed by atoms with E-state index in [0.717, 1.165) is 42.5 Å². The van der Waals surface area contributed by atoms with E-state index in [1.165, 1.54) is 5.69 Å². The van der Waals surface area contributed by atoms with Gasteiger partial charge in [-0.2, -0.15) is 0 Å². The zero-order valence-corrected chi connectivity index (χ0v) is 19.6. The first-order valence-electron chi connectivity index (χ1n) is 11.6. The number of carbonyl (C=O) groups is 2. The molecule has 2 amide bonds. The van der Waals surface area contributed by atoms with Crippen LogP contribution in [0.25, 0.3) is 10.9 Å². The van der Waals surface area contributed by atoms with Gasteiger partial charge < -0.3 is 19.4 Å². The normalized spacial score (nSPS) is 19.9. The van der Waals surface area contributed by atoms with E-state index in [-0.39, 0.29) is 17.9 Å². The number of fused-ring (bicyclic) bond motifs is 1. The number of piperazine rings is 1. The van der Waals surface area contributed by atoms with Gasteiger partial charge in [0.25, 0.3) is 0 Å². The molecular formula is C25H34N4O3. The molecule has 1 aromatic heterocycles. The Morgan fingerprint density at radius 2 is 1.75 bits per heavy atom. The molecule has 0 radical (unpaired) electrons. The number of para-hydroxylation sites is 1. The molecule has 32 heavy (non-hydrogen) atoms. The maximum absolute atomic E-state index is 13.2. The molecule has 2 aromatic rings. The fourth-order valence-corrected chi connectivity index (χ4v) is 4.64. The van der Waals surface area contributed by atoms with Gasteiger partial charge in [-0.1, -0.05) is 18.2 Å². The second-order valence-corrected chi connectivity index (χ2v) is 9.88. The third-order valence-corrected chi connectivity index (χ3v) is 6.18. The second kappa shape index (κ2) is 8.96. The number of carbonyl (C=O) groups excluding carboxylic acids is 2. The van der Waals surface area contributed by atoms with Crippen molar-refractivity contribution in [1.82, 2.24) is 14.8 Å². The monoisotopic (exact) mass is 438 g/mol. The number of rotatable bonds is 2. The summed E-state index contributed by atoms with van der Waals surface area (Å²) < 4.78 is 5.51. The van der Waals surface area contributed by atoms with Crippen LogP contribution in [0.2, 0.25) is 0 Å². The van der Waals surface area contributed by atoms with E-state index in [2.05, 4.69) is 22.0 Å². The van der Waals surface area contributed by atoms with Crippen LogP contribution in [-0.4, -0.2) is 71.7 Å². The van der Waals surface area contributed by atoms with Crippen LogP contribution in [0.3, 0.4) is 0 Å². The molecule has 0 N–H and O–H groups in total. The Morgan fingerprint density at radius 1 is 1.03 bits per heavy atom. The zero-order chi connectivity index (χ0) is 22.9. The van der Waals surface area contributed by atoms with Gasteiger partial charge in [0.05, 0.1) is 11.4 Å². The summed E-state index contributed by atoms with van der Waals surface area (Å²) in [5.74, 6) is 0.0143. The van der Waals surface area contributed by atoms with Crippen LogP contribution in [-0.2, 0) is 9.53 Å². The first-order chi connectivity index (χ1) is 15.2. The quantitative estimate of drug-likeness (QED) is 0.713. The number of anilines is 1. The standard InChI is InChI=1S/C25H34N4O3/c1-18-16-22(20-9-5-6-10-21(20)26-18)27-12-14-28(15-13-27)23(30)19-8-7-11-29(17-19)24(31)32-25(2,3)4/h5-6,9-10,16,19H,7-8,11-15,17H2,1-4H3. The minimum absolute atomic E-state index is 0.146. The maximum atomic E-state index is 13.2. The molecule has 1 atom stereocenters. The summed E-state index contributed by atoms with van der Waals surface area (Å²) in [7, 11) is 0. The first kappa shape index (κ1) is 22.4. The number of pyridine rings is 1. The molecule has 2 aliphatic heterocycles. The van der Waals surface area contributed by atoms with E-state index >= 15 is 0 Å². The van der Waals surface area contributed by atoms with Crippen molar-refractivity contribution >= 4 is 28.6 Å². The number of amides is 2. The predicted molar refractivity (Wildman–Crippen MR) is 126 cm³/mol. The van der Waals surface area contributed by atoms with E-state index in [4.69, 9.17) is 4.74 Å². The summed E-state index contributed by atoms with van der Waals surface area (Å²) in [4.78, 5) is 36.4. The molecule has 7 nitrogen and oxygen atoms in total. The van der Waals surface area contributed by atoms with Gasteiger partial charge in [-0.3, -0.25) is 9.78 Å². The van der Waals surface area contributed by atoms with Crippen molar-refractivity contribution in [1.29, 1.82) is 0 Å². The fourth-order valence-electron chi connectivity index (χ4n) is 4.64. The highest BCUT2D eigenvalue weighted by atomic mass is 16.6. The van der Waals surface area contributed by atoms with Crippen LogP contribution in [0.15, 0.2) is 30.3 Å². The van der Waals surface area contributed by atoms with Crippen LogP contribution in [0.1, 0.15) is 39.3 Å². The molecule has 3 heterocycles. The van der Waals surface area contributed by atoms with Crippen molar-refractivity contribution in [2.75, 3.05) is 44.2 Å². The van der Waals surface area contributed by atoms with Crippen LogP contribution in [0.4, 0.5) is 10.5 Å². The number of ether oxygens (including phenoxy) is 1. The van der Waals surface area contributed by atoms with E-state index in [1.54, 1.807) is 4.90 Å². The zero-order valence-electron chi connectivity index (χ0n) is 19.6. The molecule has 2 aliphatic rings.